The van der Waals surface area contributed by atoms with Crippen LogP contribution in [0.4, 0.5) is 10.5 Å². The van der Waals surface area contributed by atoms with Gasteiger partial charge in [0.25, 0.3) is 0 Å². The van der Waals surface area contributed by atoms with Crippen LogP contribution >= 0.6 is 0 Å². The highest BCUT2D eigenvalue weighted by Gasteiger charge is 2.29. The summed E-state index contributed by atoms with van der Waals surface area (Å²) < 4.78 is 26.1. The van der Waals surface area contributed by atoms with E-state index in [2.05, 4.69) is 28.6 Å². The predicted octanol–water partition coefficient (Wildman–Crippen LogP) is 3.45. The third-order valence-corrected chi connectivity index (χ3v) is 6.87. The van der Waals surface area contributed by atoms with E-state index in [9.17, 15) is 9.00 Å². The second-order valence-corrected chi connectivity index (χ2v) is 10.7. The maximum atomic E-state index is 13.1. The van der Waals surface area contributed by atoms with Gasteiger partial charge in [0.05, 0.1) is 29.9 Å². The van der Waals surface area contributed by atoms with Gasteiger partial charge in [-0.1, -0.05) is 27.7 Å². The highest BCUT2D eigenvalue weighted by Crippen LogP contribution is 2.37. The van der Waals surface area contributed by atoms with Crippen molar-refractivity contribution >= 4 is 21.6 Å². The number of carbonyl (C=O) groups excluding carboxylic acids is 1. The molecule has 4 rings (SSSR count). The van der Waals surface area contributed by atoms with E-state index in [0.29, 0.717) is 30.6 Å². The summed E-state index contributed by atoms with van der Waals surface area (Å²) in [6.07, 6.45) is 4.59. The Labute approximate surface area is 182 Å². The van der Waals surface area contributed by atoms with Crippen LogP contribution in [0, 0.1) is 5.92 Å². The van der Waals surface area contributed by atoms with Gasteiger partial charge in [0.1, 0.15) is 4.90 Å². The molecule has 0 saturated heterocycles. The Bertz CT molecular complexity index is 1100. The number of urea groups is 1. The van der Waals surface area contributed by atoms with Gasteiger partial charge in [-0.2, -0.15) is 10.2 Å². The Morgan fingerprint density at radius 2 is 2.10 bits per heavy atom. The molecule has 0 spiro atoms. The molecule has 1 aliphatic carbocycles. The number of ether oxygens (including phenoxy) is 1. The van der Waals surface area contributed by atoms with Gasteiger partial charge in [0.2, 0.25) is 5.88 Å². The molecule has 1 aliphatic heterocycles. The standard InChI is InChI=1S/C20H31N7O3S/c1-12(2)16-17(18(13(3)4)27(24-16)11-14-6-7-14)23-20(28)25-31(21,29)15-10-22-26-8-5-9-30-19(15)26/h10,12-14H,5-9,11H2,1-4H3,(H3,21,23,25,28,29). The van der Waals surface area contributed by atoms with Crippen LogP contribution in [0.5, 0.6) is 5.88 Å². The topological polar surface area (TPSA) is 129 Å². The number of rotatable bonds is 6. The van der Waals surface area contributed by atoms with Gasteiger partial charge in [0, 0.05) is 19.5 Å². The maximum Gasteiger partial charge on any atom is 0.354 e. The van der Waals surface area contributed by atoms with Crippen LogP contribution in [0.3, 0.4) is 0 Å². The number of hydrogen-bond donors (Lipinski definition) is 2. The van der Waals surface area contributed by atoms with E-state index >= 15 is 0 Å². The number of amides is 2. The molecule has 2 aromatic rings. The normalized spacial score (nSPS) is 17.9. The summed E-state index contributed by atoms with van der Waals surface area (Å²) in [5.74, 6) is 1.21. The minimum Gasteiger partial charge on any atom is -0.477 e. The first-order chi connectivity index (χ1) is 14.7. The van der Waals surface area contributed by atoms with Gasteiger partial charge < -0.3 is 10.1 Å². The first-order valence-electron chi connectivity index (χ1n) is 10.8. The second kappa shape index (κ2) is 8.27. The van der Waals surface area contributed by atoms with E-state index < -0.39 is 15.9 Å². The monoisotopic (exact) mass is 449 g/mol. The van der Waals surface area contributed by atoms with Crippen molar-refractivity contribution in [3.8, 4) is 5.88 Å². The molecule has 170 valence electrons. The minimum absolute atomic E-state index is 0.103. The van der Waals surface area contributed by atoms with E-state index in [1.54, 1.807) is 4.68 Å². The third kappa shape index (κ3) is 4.47. The molecule has 1 atom stereocenters. The maximum absolute atomic E-state index is 13.1. The van der Waals surface area contributed by atoms with Crippen molar-refractivity contribution in [3.63, 3.8) is 0 Å². The molecule has 1 saturated carbocycles. The molecule has 3 N–H and O–H groups in total. The third-order valence-electron chi connectivity index (χ3n) is 5.52. The fourth-order valence-electron chi connectivity index (χ4n) is 3.85. The number of nitrogens with one attached hydrogen (secondary N) is 1. The lowest BCUT2D eigenvalue weighted by Crippen LogP contribution is -2.21. The average Bonchev–Trinajstić information content (AvgIpc) is 3.25. The predicted molar refractivity (Wildman–Crippen MR) is 118 cm³/mol. The molecule has 2 aromatic heterocycles. The van der Waals surface area contributed by atoms with Gasteiger partial charge in [-0.15, -0.1) is 4.36 Å². The number of carbonyl (C=O) groups is 1. The number of hydrogen-bond acceptors (Lipinski definition) is 5. The zero-order valence-corrected chi connectivity index (χ0v) is 19.3. The van der Waals surface area contributed by atoms with Gasteiger partial charge >= 0.3 is 6.03 Å². The number of aryl methyl sites for hydroxylation is 1. The lowest BCUT2D eigenvalue weighted by Gasteiger charge is -2.16. The molecule has 11 heteroatoms. The number of anilines is 1. The van der Waals surface area contributed by atoms with E-state index in [1.807, 2.05) is 18.5 Å². The van der Waals surface area contributed by atoms with Gasteiger partial charge in [0.15, 0.2) is 9.92 Å². The second-order valence-electron chi connectivity index (χ2n) is 8.91. The van der Waals surface area contributed by atoms with Crippen molar-refractivity contribution in [1.82, 2.24) is 19.6 Å². The lowest BCUT2D eigenvalue weighted by atomic mass is 10.0. The Hall–Kier alpha value is -2.40. The first kappa shape index (κ1) is 21.8. The quantitative estimate of drug-likeness (QED) is 0.698. The SMILES string of the molecule is CC(C)c1nn(CC2CC2)c(C(C)C)c1NC(=O)N=S(N)(=O)c1cnn2c1OCCC2. The van der Waals surface area contributed by atoms with Gasteiger partial charge in [-0.05, 0) is 30.6 Å². The highest BCUT2D eigenvalue weighted by molar-refractivity contribution is 7.91. The van der Waals surface area contributed by atoms with Crippen LogP contribution in [0.1, 0.15) is 70.2 Å². The van der Waals surface area contributed by atoms with Crippen molar-refractivity contribution in [2.75, 3.05) is 11.9 Å². The number of fused-ring (bicyclic) bond motifs is 1. The molecule has 3 heterocycles. The Kier molecular flexibility index (Phi) is 5.82. The van der Waals surface area contributed by atoms with Crippen LogP contribution in [-0.2, 0) is 23.0 Å². The van der Waals surface area contributed by atoms with E-state index in [4.69, 9.17) is 15.0 Å². The number of nitrogens with two attached hydrogens (primary N) is 1. The van der Waals surface area contributed by atoms with Crippen LogP contribution in [0.25, 0.3) is 0 Å². The fourth-order valence-corrected chi connectivity index (χ4v) is 4.85. The molecule has 1 unspecified atom stereocenters. The van der Waals surface area contributed by atoms with Crippen LogP contribution in [0.15, 0.2) is 15.5 Å². The number of aromatic nitrogens is 4. The van der Waals surface area contributed by atoms with Crippen LogP contribution in [0.2, 0.25) is 0 Å². The van der Waals surface area contributed by atoms with Gasteiger partial charge in [-0.3, -0.25) is 4.68 Å². The van der Waals surface area contributed by atoms with Crippen LogP contribution < -0.4 is 15.2 Å². The van der Waals surface area contributed by atoms with Crippen LogP contribution in [-0.4, -0.2) is 36.4 Å². The molecule has 31 heavy (non-hydrogen) atoms. The largest absolute Gasteiger partial charge is 0.477 e. The van der Waals surface area contributed by atoms with Crippen molar-refractivity contribution in [2.24, 2.45) is 15.4 Å². The Morgan fingerprint density at radius 1 is 1.35 bits per heavy atom. The van der Waals surface area contributed by atoms with Crippen molar-refractivity contribution < 1.29 is 13.7 Å². The summed E-state index contributed by atoms with van der Waals surface area (Å²) in [5, 5.41) is 17.8. The molecule has 1 fully saturated rings. The molecule has 0 bridgehead atoms. The van der Waals surface area contributed by atoms with E-state index in [1.165, 1.54) is 19.0 Å². The molecule has 0 aromatic carbocycles. The zero-order valence-electron chi connectivity index (χ0n) is 18.5. The summed E-state index contributed by atoms with van der Waals surface area (Å²) in [7, 11) is -3.52. The summed E-state index contributed by atoms with van der Waals surface area (Å²) in [4.78, 5) is 13.0. The molecular formula is C20H31N7O3S. The van der Waals surface area contributed by atoms with Crippen molar-refractivity contribution in [1.29, 1.82) is 0 Å². The molecular weight excluding hydrogens is 418 g/mol. The fraction of sp³-hybridized carbons (Fsp3) is 0.650. The summed E-state index contributed by atoms with van der Waals surface area (Å²) >= 11 is 0. The molecule has 0 radical (unpaired) electrons. The molecule has 2 aliphatic rings. The Balaban J connectivity index is 1.67. The van der Waals surface area contributed by atoms with Crippen molar-refractivity contribution in [2.45, 2.75) is 76.8 Å². The van der Waals surface area contributed by atoms with Gasteiger partial charge in [-0.25, -0.2) is 18.8 Å². The lowest BCUT2D eigenvalue weighted by molar-refractivity contribution is 0.224. The summed E-state index contributed by atoms with van der Waals surface area (Å²) in [6, 6.07) is -0.766. The molecule has 2 amide bonds. The summed E-state index contributed by atoms with van der Waals surface area (Å²) in [6.45, 7) is 10.2. The zero-order chi connectivity index (χ0) is 22.3. The van der Waals surface area contributed by atoms with E-state index in [0.717, 1.165) is 24.4 Å². The Morgan fingerprint density at radius 3 is 2.74 bits per heavy atom. The summed E-state index contributed by atoms with van der Waals surface area (Å²) in [5.41, 5.74) is 2.39. The van der Waals surface area contributed by atoms with E-state index in [-0.39, 0.29) is 16.7 Å². The smallest absolute Gasteiger partial charge is 0.354 e. The molecule has 10 nitrogen and oxygen atoms in total. The first-order valence-corrected chi connectivity index (χ1v) is 12.4. The van der Waals surface area contributed by atoms with Crippen molar-refractivity contribution in [3.05, 3.63) is 17.6 Å². The average molecular weight is 450 g/mol. The highest BCUT2D eigenvalue weighted by atomic mass is 32.2. The minimum atomic E-state index is -3.52. The number of nitrogens with zero attached hydrogens (tertiary/aromatic N) is 5.